The van der Waals surface area contributed by atoms with Gasteiger partial charge in [-0.2, -0.15) is 5.10 Å². The van der Waals surface area contributed by atoms with Crippen molar-refractivity contribution in [3.63, 3.8) is 0 Å². The first-order valence-electron chi connectivity index (χ1n) is 6.29. The number of anilines is 1. The molecule has 0 aliphatic rings. The lowest BCUT2D eigenvalue weighted by molar-refractivity contribution is 0.0698. The lowest BCUT2D eigenvalue weighted by Crippen LogP contribution is -2.18. The van der Waals surface area contributed by atoms with E-state index in [1.807, 2.05) is 6.92 Å². The fourth-order valence-corrected chi connectivity index (χ4v) is 2.08. The van der Waals surface area contributed by atoms with E-state index in [9.17, 15) is 9.59 Å². The molecule has 2 aromatic rings. The van der Waals surface area contributed by atoms with Gasteiger partial charge in [0, 0.05) is 12.1 Å². The Morgan fingerprint density at radius 1 is 1.38 bits per heavy atom. The van der Waals surface area contributed by atoms with Crippen LogP contribution in [0.3, 0.4) is 0 Å². The Labute approximate surface area is 126 Å². The molecule has 6 nitrogen and oxygen atoms in total. The van der Waals surface area contributed by atoms with Crippen LogP contribution in [0.4, 0.5) is 5.69 Å². The van der Waals surface area contributed by atoms with Gasteiger partial charge in [0.05, 0.1) is 16.9 Å². The van der Waals surface area contributed by atoms with Crippen LogP contribution in [0.15, 0.2) is 24.3 Å². The third kappa shape index (κ3) is 3.22. The maximum atomic E-state index is 12.2. The van der Waals surface area contributed by atoms with Crippen LogP contribution in [-0.4, -0.2) is 26.8 Å². The third-order valence-corrected chi connectivity index (χ3v) is 3.22. The molecular formula is C14H14ClN3O3. The number of carbonyl (C=O) groups is 2. The quantitative estimate of drug-likeness (QED) is 0.909. The van der Waals surface area contributed by atoms with Crippen LogP contribution in [0.2, 0.25) is 5.02 Å². The normalized spacial score (nSPS) is 10.4. The number of halogens is 1. The van der Waals surface area contributed by atoms with Crippen molar-refractivity contribution < 1.29 is 14.7 Å². The van der Waals surface area contributed by atoms with Crippen molar-refractivity contribution in [1.82, 2.24) is 9.78 Å². The second kappa shape index (κ2) is 5.97. The van der Waals surface area contributed by atoms with E-state index in [4.69, 9.17) is 16.7 Å². The molecule has 0 radical (unpaired) electrons. The molecule has 0 spiro atoms. The van der Waals surface area contributed by atoms with Crippen LogP contribution in [0.1, 0.15) is 33.5 Å². The number of hydrogen-bond donors (Lipinski definition) is 2. The van der Waals surface area contributed by atoms with E-state index in [1.165, 1.54) is 22.9 Å². The standard InChI is InChI=1S/C14H14ClN3O3/c1-3-9-7-12(18(2)17-9)13(19)16-11-6-8(15)4-5-10(11)14(20)21/h4-7H,3H2,1-2H3,(H,16,19)(H,20,21). The number of aromatic carboxylic acids is 1. The molecule has 0 saturated carbocycles. The van der Waals surface area contributed by atoms with E-state index in [-0.39, 0.29) is 11.3 Å². The number of carboxylic acid groups (broad SMARTS) is 1. The summed E-state index contributed by atoms with van der Waals surface area (Å²) >= 11 is 5.85. The zero-order valence-corrected chi connectivity index (χ0v) is 12.3. The Morgan fingerprint density at radius 3 is 2.67 bits per heavy atom. The van der Waals surface area contributed by atoms with Crippen LogP contribution < -0.4 is 5.32 Å². The minimum absolute atomic E-state index is 0.0226. The Morgan fingerprint density at radius 2 is 2.10 bits per heavy atom. The van der Waals surface area contributed by atoms with Gasteiger partial charge in [-0.05, 0) is 30.7 Å². The van der Waals surface area contributed by atoms with Gasteiger partial charge in [0.25, 0.3) is 5.91 Å². The number of benzene rings is 1. The molecule has 0 aliphatic heterocycles. The molecule has 0 aliphatic carbocycles. The summed E-state index contributed by atoms with van der Waals surface area (Å²) in [4.78, 5) is 23.4. The number of carbonyl (C=O) groups excluding carboxylic acids is 1. The summed E-state index contributed by atoms with van der Waals surface area (Å²) in [5, 5.41) is 16.2. The Balaban J connectivity index is 2.33. The molecule has 2 rings (SSSR count). The maximum absolute atomic E-state index is 12.2. The molecule has 0 unspecified atom stereocenters. The summed E-state index contributed by atoms with van der Waals surface area (Å²) in [6, 6.07) is 5.88. The molecule has 1 aromatic heterocycles. The van der Waals surface area contributed by atoms with Gasteiger partial charge in [-0.15, -0.1) is 0 Å². The van der Waals surface area contributed by atoms with Gasteiger partial charge in [-0.25, -0.2) is 4.79 Å². The lowest BCUT2D eigenvalue weighted by Gasteiger charge is -2.09. The Bertz CT molecular complexity index is 709. The fraction of sp³-hybridized carbons (Fsp3) is 0.214. The molecule has 0 atom stereocenters. The predicted molar refractivity (Wildman–Crippen MR) is 79.0 cm³/mol. The van der Waals surface area contributed by atoms with E-state index in [0.717, 1.165) is 5.69 Å². The van der Waals surface area contributed by atoms with Gasteiger partial charge >= 0.3 is 5.97 Å². The number of hydrogen-bond acceptors (Lipinski definition) is 3. The van der Waals surface area contributed by atoms with Crippen molar-refractivity contribution >= 4 is 29.2 Å². The molecule has 0 bridgehead atoms. The number of nitrogens with one attached hydrogen (secondary N) is 1. The van der Waals surface area contributed by atoms with Crippen molar-refractivity contribution in [2.75, 3.05) is 5.32 Å². The average molecular weight is 308 g/mol. The van der Waals surface area contributed by atoms with Crippen molar-refractivity contribution in [3.05, 3.63) is 46.2 Å². The minimum atomic E-state index is -1.14. The minimum Gasteiger partial charge on any atom is -0.478 e. The molecule has 21 heavy (non-hydrogen) atoms. The number of rotatable bonds is 4. The third-order valence-electron chi connectivity index (χ3n) is 2.99. The highest BCUT2D eigenvalue weighted by Crippen LogP contribution is 2.22. The van der Waals surface area contributed by atoms with Gasteiger partial charge in [0.1, 0.15) is 5.69 Å². The Hall–Kier alpha value is -2.34. The average Bonchev–Trinajstić information content (AvgIpc) is 2.80. The number of nitrogens with zero attached hydrogens (tertiary/aromatic N) is 2. The van der Waals surface area contributed by atoms with Crippen molar-refractivity contribution in [1.29, 1.82) is 0 Å². The van der Waals surface area contributed by atoms with Gasteiger partial charge < -0.3 is 10.4 Å². The molecular weight excluding hydrogens is 294 g/mol. The number of aryl methyl sites for hydroxylation is 2. The van der Waals surface area contributed by atoms with E-state index in [2.05, 4.69) is 10.4 Å². The summed E-state index contributed by atoms with van der Waals surface area (Å²) in [6.07, 6.45) is 0.707. The highest BCUT2D eigenvalue weighted by Gasteiger charge is 2.17. The van der Waals surface area contributed by atoms with Crippen LogP contribution in [0.25, 0.3) is 0 Å². The first-order valence-corrected chi connectivity index (χ1v) is 6.67. The van der Waals surface area contributed by atoms with Crippen LogP contribution in [-0.2, 0) is 13.5 Å². The maximum Gasteiger partial charge on any atom is 0.337 e. The first-order chi connectivity index (χ1) is 9.92. The van der Waals surface area contributed by atoms with Crippen molar-refractivity contribution in [2.24, 2.45) is 7.05 Å². The summed E-state index contributed by atoms with van der Waals surface area (Å²) in [5.41, 5.74) is 1.26. The molecule has 1 heterocycles. The first kappa shape index (κ1) is 15.1. The van der Waals surface area contributed by atoms with E-state index < -0.39 is 11.9 Å². The molecule has 0 fully saturated rings. The van der Waals surface area contributed by atoms with Gasteiger partial charge in [-0.1, -0.05) is 18.5 Å². The molecule has 110 valence electrons. The zero-order chi connectivity index (χ0) is 15.6. The largest absolute Gasteiger partial charge is 0.478 e. The summed E-state index contributed by atoms with van der Waals surface area (Å²) < 4.78 is 1.46. The highest BCUT2D eigenvalue weighted by atomic mass is 35.5. The fourth-order valence-electron chi connectivity index (χ4n) is 1.90. The van der Waals surface area contributed by atoms with Crippen LogP contribution in [0.5, 0.6) is 0 Å². The van der Waals surface area contributed by atoms with E-state index in [0.29, 0.717) is 17.1 Å². The van der Waals surface area contributed by atoms with Crippen LogP contribution in [0, 0.1) is 0 Å². The number of aromatic nitrogens is 2. The summed E-state index contributed by atoms with van der Waals surface area (Å²) in [6.45, 7) is 1.93. The molecule has 0 saturated heterocycles. The van der Waals surface area contributed by atoms with Crippen molar-refractivity contribution in [2.45, 2.75) is 13.3 Å². The molecule has 2 N–H and O–H groups in total. The van der Waals surface area contributed by atoms with Gasteiger partial charge in [0.2, 0.25) is 0 Å². The monoisotopic (exact) mass is 307 g/mol. The van der Waals surface area contributed by atoms with E-state index >= 15 is 0 Å². The second-order valence-corrected chi connectivity index (χ2v) is 4.88. The topological polar surface area (TPSA) is 84.2 Å². The SMILES string of the molecule is CCc1cc(C(=O)Nc2cc(Cl)ccc2C(=O)O)n(C)n1. The summed E-state index contributed by atoms with van der Waals surface area (Å²) in [5.74, 6) is -1.57. The van der Waals surface area contributed by atoms with Crippen LogP contribution >= 0.6 is 11.6 Å². The lowest BCUT2D eigenvalue weighted by atomic mass is 10.1. The highest BCUT2D eigenvalue weighted by molar-refractivity contribution is 6.31. The van der Waals surface area contributed by atoms with Gasteiger partial charge in [-0.3, -0.25) is 9.48 Å². The number of amides is 1. The number of carboxylic acids is 1. The molecule has 1 amide bonds. The zero-order valence-electron chi connectivity index (χ0n) is 11.6. The predicted octanol–water partition coefficient (Wildman–Crippen LogP) is 2.59. The Kier molecular flexibility index (Phi) is 4.28. The second-order valence-electron chi connectivity index (χ2n) is 4.45. The summed E-state index contributed by atoms with van der Waals surface area (Å²) in [7, 11) is 1.66. The molecule has 1 aromatic carbocycles. The van der Waals surface area contributed by atoms with Crippen molar-refractivity contribution in [3.8, 4) is 0 Å². The molecule has 7 heteroatoms. The van der Waals surface area contributed by atoms with Gasteiger partial charge in [0.15, 0.2) is 0 Å². The smallest absolute Gasteiger partial charge is 0.337 e. The van der Waals surface area contributed by atoms with E-state index in [1.54, 1.807) is 13.1 Å².